The van der Waals surface area contributed by atoms with Crippen molar-refractivity contribution in [2.24, 2.45) is 5.14 Å². The fraction of sp³-hybridized carbons (Fsp3) is 0. The van der Waals surface area contributed by atoms with Gasteiger partial charge in [0, 0.05) is 4.47 Å². The van der Waals surface area contributed by atoms with Crippen molar-refractivity contribution in [2.45, 2.75) is 9.79 Å². The third kappa shape index (κ3) is 3.62. The lowest BCUT2D eigenvalue weighted by atomic mass is 10.3. The molecule has 0 saturated heterocycles. The zero-order chi connectivity index (χ0) is 15.7. The zero-order valence-corrected chi connectivity index (χ0v) is 13.7. The van der Waals surface area contributed by atoms with Gasteiger partial charge in [-0.2, -0.15) is 0 Å². The summed E-state index contributed by atoms with van der Waals surface area (Å²) in [6.07, 6.45) is 0. The lowest BCUT2D eigenvalue weighted by Gasteiger charge is -2.12. The van der Waals surface area contributed by atoms with E-state index in [1.165, 1.54) is 30.3 Å². The fourth-order valence-corrected chi connectivity index (χ4v) is 4.50. The molecule has 0 unspecified atom stereocenters. The van der Waals surface area contributed by atoms with Crippen molar-refractivity contribution < 1.29 is 16.8 Å². The van der Waals surface area contributed by atoms with Gasteiger partial charge in [-0.15, -0.1) is 0 Å². The average molecular weight is 391 g/mol. The number of hydrogen-bond acceptors (Lipinski definition) is 4. The molecule has 0 saturated carbocycles. The molecule has 0 bridgehead atoms. The number of sulfonamides is 2. The van der Waals surface area contributed by atoms with Crippen LogP contribution in [0.5, 0.6) is 0 Å². The number of hydrogen-bond donors (Lipinski definition) is 2. The summed E-state index contributed by atoms with van der Waals surface area (Å²) in [5.74, 6) is 0. The summed E-state index contributed by atoms with van der Waals surface area (Å²) in [5, 5.41) is 5.07. The highest BCUT2D eigenvalue weighted by atomic mass is 79.9. The van der Waals surface area contributed by atoms with Gasteiger partial charge in [0.05, 0.1) is 5.69 Å². The summed E-state index contributed by atoms with van der Waals surface area (Å²) in [4.78, 5) is -0.296. The van der Waals surface area contributed by atoms with Crippen LogP contribution in [-0.4, -0.2) is 16.8 Å². The van der Waals surface area contributed by atoms with Crippen molar-refractivity contribution in [3.8, 4) is 0 Å². The Kier molecular flexibility index (Phi) is 4.38. The Hall–Kier alpha value is -1.42. The lowest BCUT2D eigenvalue weighted by Crippen LogP contribution is -2.19. The maximum atomic E-state index is 12.3. The summed E-state index contributed by atoms with van der Waals surface area (Å²) >= 11 is 3.14. The molecule has 9 heteroatoms. The number of halogens is 1. The van der Waals surface area contributed by atoms with Gasteiger partial charge in [0.1, 0.15) is 9.79 Å². The van der Waals surface area contributed by atoms with Crippen LogP contribution in [0.25, 0.3) is 0 Å². The minimum Gasteiger partial charge on any atom is -0.278 e. The Morgan fingerprint density at radius 1 is 0.857 bits per heavy atom. The largest absolute Gasteiger partial charge is 0.278 e. The van der Waals surface area contributed by atoms with E-state index in [0.29, 0.717) is 4.47 Å². The molecule has 2 rings (SSSR count). The molecular weight excluding hydrogens is 380 g/mol. The Labute approximate surface area is 131 Å². The van der Waals surface area contributed by atoms with Crippen LogP contribution in [0.1, 0.15) is 0 Å². The Morgan fingerprint density at radius 2 is 1.38 bits per heavy atom. The van der Waals surface area contributed by atoms with Crippen LogP contribution in [0.3, 0.4) is 0 Å². The first-order valence-corrected chi connectivity index (χ1v) is 9.43. The molecule has 2 aromatic rings. The number of rotatable bonds is 4. The van der Waals surface area contributed by atoms with Crippen LogP contribution in [0.2, 0.25) is 0 Å². The van der Waals surface area contributed by atoms with E-state index in [0.717, 1.165) is 0 Å². The zero-order valence-electron chi connectivity index (χ0n) is 10.5. The van der Waals surface area contributed by atoms with E-state index < -0.39 is 20.0 Å². The van der Waals surface area contributed by atoms with Gasteiger partial charge >= 0.3 is 0 Å². The molecule has 21 heavy (non-hydrogen) atoms. The second kappa shape index (κ2) is 5.76. The molecule has 0 aliphatic carbocycles. The summed E-state index contributed by atoms with van der Waals surface area (Å²) in [7, 11) is -7.98. The quantitative estimate of drug-likeness (QED) is 0.830. The number of anilines is 1. The third-order valence-corrected chi connectivity index (χ3v) is 5.91. The van der Waals surface area contributed by atoms with E-state index in [9.17, 15) is 16.8 Å². The van der Waals surface area contributed by atoms with Crippen molar-refractivity contribution in [3.63, 3.8) is 0 Å². The maximum Gasteiger partial charge on any atom is 0.263 e. The molecule has 0 fully saturated rings. The minimum absolute atomic E-state index is 0.00535. The molecule has 0 aromatic heterocycles. The van der Waals surface area contributed by atoms with Gasteiger partial charge in [-0.25, -0.2) is 22.0 Å². The number of nitrogens with two attached hydrogens (primary N) is 1. The van der Waals surface area contributed by atoms with E-state index in [-0.39, 0.29) is 15.5 Å². The highest BCUT2D eigenvalue weighted by Gasteiger charge is 2.21. The van der Waals surface area contributed by atoms with Gasteiger partial charge in [-0.3, -0.25) is 4.72 Å². The Bertz CT molecular complexity index is 880. The molecule has 0 aliphatic heterocycles. The summed E-state index contributed by atoms with van der Waals surface area (Å²) < 4.78 is 50.2. The first-order valence-electron chi connectivity index (χ1n) is 5.61. The van der Waals surface area contributed by atoms with E-state index in [1.54, 1.807) is 18.2 Å². The monoisotopic (exact) mass is 390 g/mol. The highest BCUT2D eigenvalue weighted by Crippen LogP contribution is 2.26. The van der Waals surface area contributed by atoms with Gasteiger partial charge in [0.25, 0.3) is 10.0 Å². The van der Waals surface area contributed by atoms with E-state index in [2.05, 4.69) is 20.7 Å². The molecule has 0 atom stereocenters. The van der Waals surface area contributed by atoms with E-state index in [4.69, 9.17) is 5.14 Å². The number of benzene rings is 2. The van der Waals surface area contributed by atoms with Gasteiger partial charge in [0.15, 0.2) is 0 Å². The lowest BCUT2D eigenvalue weighted by molar-refractivity contribution is 0.598. The highest BCUT2D eigenvalue weighted by molar-refractivity contribution is 9.10. The normalized spacial score (nSPS) is 12.1. The van der Waals surface area contributed by atoms with Crippen LogP contribution >= 0.6 is 15.9 Å². The standard InChI is InChI=1S/C12H11BrN2O4S2/c13-9-5-1-3-7-11(9)21(18,19)15-10-6-2-4-8-12(10)20(14,16)17/h1-8,15H,(H2,14,16,17). The third-order valence-electron chi connectivity index (χ3n) is 2.56. The van der Waals surface area contributed by atoms with Gasteiger partial charge < -0.3 is 0 Å². The van der Waals surface area contributed by atoms with Crippen molar-refractivity contribution in [3.05, 3.63) is 53.0 Å². The van der Waals surface area contributed by atoms with Crippen LogP contribution < -0.4 is 9.86 Å². The van der Waals surface area contributed by atoms with Gasteiger partial charge in [-0.05, 0) is 40.2 Å². The Morgan fingerprint density at radius 3 is 1.95 bits per heavy atom. The number of primary sulfonamides is 1. The SMILES string of the molecule is NS(=O)(=O)c1ccccc1NS(=O)(=O)c1ccccc1Br. The van der Waals surface area contributed by atoms with Gasteiger partial charge in [0.2, 0.25) is 10.0 Å². The predicted molar refractivity (Wildman–Crippen MR) is 82.8 cm³/mol. The summed E-state index contributed by atoms with van der Waals surface area (Å²) in [6, 6.07) is 11.7. The first kappa shape index (κ1) is 16.0. The molecule has 2 aromatic carbocycles. The van der Waals surface area contributed by atoms with Crippen LogP contribution in [0, 0.1) is 0 Å². The van der Waals surface area contributed by atoms with Crippen molar-refractivity contribution >= 4 is 41.7 Å². The predicted octanol–water partition coefficient (Wildman–Crippen LogP) is 1.90. The summed E-state index contributed by atoms with van der Waals surface area (Å²) in [5.41, 5.74) is -0.101. The molecule has 0 aliphatic rings. The van der Waals surface area contributed by atoms with Crippen molar-refractivity contribution in [1.29, 1.82) is 0 Å². The van der Waals surface area contributed by atoms with Crippen LogP contribution in [0.15, 0.2) is 62.8 Å². The average Bonchev–Trinajstić information content (AvgIpc) is 2.38. The second-order valence-electron chi connectivity index (χ2n) is 4.08. The molecule has 3 N–H and O–H groups in total. The Balaban J connectivity index is 2.51. The first-order chi connectivity index (χ1) is 9.72. The van der Waals surface area contributed by atoms with Gasteiger partial charge in [-0.1, -0.05) is 24.3 Å². The molecule has 0 spiro atoms. The maximum absolute atomic E-state index is 12.3. The molecule has 0 amide bonds. The molecule has 112 valence electrons. The fourth-order valence-electron chi connectivity index (χ4n) is 1.66. The topological polar surface area (TPSA) is 106 Å². The number of para-hydroxylation sites is 1. The van der Waals surface area contributed by atoms with E-state index >= 15 is 0 Å². The van der Waals surface area contributed by atoms with E-state index in [1.807, 2.05) is 0 Å². The molecular formula is C12H11BrN2O4S2. The summed E-state index contributed by atoms with van der Waals surface area (Å²) in [6.45, 7) is 0. The van der Waals surface area contributed by atoms with Crippen molar-refractivity contribution in [1.82, 2.24) is 0 Å². The molecule has 0 radical (unpaired) electrons. The van der Waals surface area contributed by atoms with Crippen molar-refractivity contribution in [2.75, 3.05) is 4.72 Å². The smallest absolute Gasteiger partial charge is 0.263 e. The van der Waals surface area contributed by atoms with Crippen LogP contribution in [0.4, 0.5) is 5.69 Å². The second-order valence-corrected chi connectivity index (χ2v) is 8.11. The molecule has 6 nitrogen and oxygen atoms in total. The minimum atomic E-state index is -4.04. The molecule has 0 heterocycles. The van der Waals surface area contributed by atoms with Crippen LogP contribution in [-0.2, 0) is 20.0 Å². The number of nitrogens with one attached hydrogen (secondary N) is 1.